The first kappa shape index (κ1) is 11.4. The predicted molar refractivity (Wildman–Crippen MR) is 61.9 cm³/mol. The van der Waals surface area contributed by atoms with Gasteiger partial charge in [0.15, 0.2) is 0 Å². The van der Waals surface area contributed by atoms with Gasteiger partial charge in [-0.3, -0.25) is 0 Å². The number of hydrogen-bond acceptors (Lipinski definition) is 3. The van der Waals surface area contributed by atoms with Crippen LogP contribution in [0.3, 0.4) is 0 Å². The van der Waals surface area contributed by atoms with Crippen molar-refractivity contribution in [2.45, 2.75) is 56.6 Å². The zero-order chi connectivity index (χ0) is 10.6. The van der Waals surface area contributed by atoms with E-state index in [4.69, 9.17) is 0 Å². The van der Waals surface area contributed by atoms with Crippen LogP contribution < -0.4 is 10.6 Å². The first-order valence-corrected chi connectivity index (χ1v) is 6.48. The highest BCUT2D eigenvalue weighted by molar-refractivity contribution is 4.94. The van der Waals surface area contributed by atoms with Crippen LogP contribution >= 0.6 is 0 Å². The summed E-state index contributed by atoms with van der Waals surface area (Å²) in [5.74, 6) is 0. The summed E-state index contributed by atoms with van der Waals surface area (Å²) >= 11 is 0. The third-order valence-electron chi connectivity index (χ3n) is 3.91. The lowest BCUT2D eigenvalue weighted by Crippen LogP contribution is -2.50. The molecule has 2 aliphatic heterocycles. The Morgan fingerprint density at radius 2 is 1.87 bits per heavy atom. The Hall–Kier alpha value is -0.120. The molecule has 2 fully saturated rings. The van der Waals surface area contributed by atoms with Gasteiger partial charge in [0, 0.05) is 6.04 Å². The molecule has 0 aliphatic carbocycles. The SMILES string of the molecule is OC1(C2CCCCCN2)CCCNCC1. The van der Waals surface area contributed by atoms with Crippen molar-refractivity contribution in [2.75, 3.05) is 19.6 Å². The van der Waals surface area contributed by atoms with Crippen molar-refractivity contribution in [3.63, 3.8) is 0 Å². The summed E-state index contributed by atoms with van der Waals surface area (Å²) in [5.41, 5.74) is -0.451. The molecule has 0 radical (unpaired) electrons. The van der Waals surface area contributed by atoms with Gasteiger partial charge in [0.1, 0.15) is 0 Å². The normalized spacial score (nSPS) is 39.4. The van der Waals surface area contributed by atoms with Gasteiger partial charge in [-0.15, -0.1) is 0 Å². The molecule has 3 heteroatoms. The number of hydrogen-bond donors (Lipinski definition) is 3. The van der Waals surface area contributed by atoms with Gasteiger partial charge in [-0.25, -0.2) is 0 Å². The maximum atomic E-state index is 10.7. The van der Waals surface area contributed by atoms with E-state index in [0.717, 1.165) is 45.3 Å². The average Bonchev–Trinajstić information content (AvgIpc) is 2.60. The molecule has 2 heterocycles. The molecule has 0 aromatic heterocycles. The topological polar surface area (TPSA) is 44.3 Å². The molecule has 0 spiro atoms. The second kappa shape index (κ2) is 5.28. The summed E-state index contributed by atoms with van der Waals surface area (Å²) in [6.45, 7) is 3.12. The lowest BCUT2D eigenvalue weighted by molar-refractivity contribution is -0.0108. The molecule has 15 heavy (non-hydrogen) atoms. The molecule has 0 amide bonds. The summed E-state index contributed by atoms with van der Waals surface area (Å²) in [6, 6.07) is 0.333. The Kier molecular flexibility index (Phi) is 4.00. The first-order valence-electron chi connectivity index (χ1n) is 6.48. The van der Waals surface area contributed by atoms with E-state index >= 15 is 0 Å². The summed E-state index contributed by atoms with van der Waals surface area (Å²) in [4.78, 5) is 0. The summed E-state index contributed by atoms with van der Waals surface area (Å²) in [7, 11) is 0. The molecule has 3 nitrogen and oxygen atoms in total. The van der Waals surface area contributed by atoms with Crippen molar-refractivity contribution in [1.82, 2.24) is 10.6 Å². The van der Waals surface area contributed by atoms with Crippen LogP contribution in [0.15, 0.2) is 0 Å². The van der Waals surface area contributed by atoms with E-state index in [1.807, 2.05) is 0 Å². The van der Waals surface area contributed by atoms with E-state index in [2.05, 4.69) is 10.6 Å². The third-order valence-corrected chi connectivity index (χ3v) is 3.91. The van der Waals surface area contributed by atoms with Crippen molar-refractivity contribution in [3.05, 3.63) is 0 Å². The van der Waals surface area contributed by atoms with Gasteiger partial charge in [0.25, 0.3) is 0 Å². The van der Waals surface area contributed by atoms with E-state index in [0.29, 0.717) is 6.04 Å². The fourth-order valence-corrected chi connectivity index (χ4v) is 2.91. The van der Waals surface area contributed by atoms with Crippen molar-refractivity contribution in [2.24, 2.45) is 0 Å². The van der Waals surface area contributed by atoms with Crippen LogP contribution in [0.2, 0.25) is 0 Å². The fraction of sp³-hybridized carbons (Fsp3) is 1.00. The van der Waals surface area contributed by atoms with Crippen molar-refractivity contribution in [1.29, 1.82) is 0 Å². The van der Waals surface area contributed by atoms with Crippen LogP contribution in [0, 0.1) is 0 Å². The third kappa shape index (κ3) is 2.92. The molecule has 88 valence electrons. The van der Waals surface area contributed by atoms with Crippen LogP contribution in [-0.2, 0) is 0 Å². The number of aliphatic hydroxyl groups is 1. The molecule has 2 rings (SSSR count). The summed E-state index contributed by atoms with van der Waals surface area (Å²) < 4.78 is 0. The largest absolute Gasteiger partial charge is 0.388 e. The monoisotopic (exact) mass is 212 g/mol. The molecule has 0 bridgehead atoms. The van der Waals surface area contributed by atoms with Gasteiger partial charge in [-0.2, -0.15) is 0 Å². The highest BCUT2D eigenvalue weighted by Gasteiger charge is 2.36. The Balaban J connectivity index is 1.97. The van der Waals surface area contributed by atoms with Crippen LogP contribution in [0.25, 0.3) is 0 Å². The summed E-state index contributed by atoms with van der Waals surface area (Å²) in [5, 5.41) is 17.6. The molecule has 0 aromatic carbocycles. The first-order chi connectivity index (χ1) is 7.31. The molecule has 0 saturated carbocycles. The molecular formula is C12H24N2O. The molecule has 3 N–H and O–H groups in total. The summed E-state index contributed by atoms with van der Waals surface area (Å²) in [6.07, 6.45) is 7.98. The maximum absolute atomic E-state index is 10.7. The Morgan fingerprint density at radius 1 is 0.933 bits per heavy atom. The Labute approximate surface area is 92.6 Å². The average molecular weight is 212 g/mol. The van der Waals surface area contributed by atoms with Crippen molar-refractivity contribution < 1.29 is 5.11 Å². The molecule has 2 aliphatic rings. The molecular weight excluding hydrogens is 188 g/mol. The van der Waals surface area contributed by atoms with Crippen molar-refractivity contribution in [3.8, 4) is 0 Å². The minimum Gasteiger partial charge on any atom is -0.388 e. The molecule has 2 atom stereocenters. The van der Waals surface area contributed by atoms with Gasteiger partial charge in [0.2, 0.25) is 0 Å². The molecule has 2 saturated heterocycles. The Bertz CT molecular complexity index is 180. The van der Waals surface area contributed by atoms with Crippen LogP contribution in [0.4, 0.5) is 0 Å². The number of rotatable bonds is 1. The van der Waals surface area contributed by atoms with Gasteiger partial charge in [-0.1, -0.05) is 12.8 Å². The second-order valence-corrected chi connectivity index (χ2v) is 5.06. The number of nitrogens with one attached hydrogen (secondary N) is 2. The second-order valence-electron chi connectivity index (χ2n) is 5.06. The van der Waals surface area contributed by atoms with Gasteiger partial charge in [-0.05, 0) is 51.7 Å². The van der Waals surface area contributed by atoms with Gasteiger partial charge in [0.05, 0.1) is 5.60 Å². The quantitative estimate of drug-likeness (QED) is 0.608. The molecule has 2 unspecified atom stereocenters. The zero-order valence-electron chi connectivity index (χ0n) is 9.60. The van der Waals surface area contributed by atoms with Crippen LogP contribution in [0.5, 0.6) is 0 Å². The van der Waals surface area contributed by atoms with E-state index in [-0.39, 0.29) is 0 Å². The van der Waals surface area contributed by atoms with Crippen LogP contribution in [-0.4, -0.2) is 36.4 Å². The predicted octanol–water partition coefficient (Wildman–Crippen LogP) is 1.02. The van der Waals surface area contributed by atoms with E-state index in [1.54, 1.807) is 0 Å². The smallest absolute Gasteiger partial charge is 0.0812 e. The highest BCUT2D eigenvalue weighted by Crippen LogP contribution is 2.27. The van der Waals surface area contributed by atoms with E-state index in [1.165, 1.54) is 19.3 Å². The lowest BCUT2D eigenvalue weighted by atomic mass is 9.84. The minimum absolute atomic E-state index is 0.333. The Morgan fingerprint density at radius 3 is 2.80 bits per heavy atom. The van der Waals surface area contributed by atoms with E-state index in [9.17, 15) is 5.11 Å². The lowest BCUT2D eigenvalue weighted by Gasteiger charge is -2.35. The van der Waals surface area contributed by atoms with Gasteiger partial charge >= 0.3 is 0 Å². The maximum Gasteiger partial charge on any atom is 0.0812 e. The minimum atomic E-state index is -0.451. The standard InChI is InChI=1S/C12H24N2O/c15-12(6-4-8-13-10-7-12)11-5-2-1-3-9-14-11/h11,13-15H,1-10H2. The zero-order valence-corrected chi connectivity index (χ0v) is 9.60. The van der Waals surface area contributed by atoms with Gasteiger partial charge < -0.3 is 15.7 Å². The fourth-order valence-electron chi connectivity index (χ4n) is 2.91. The van der Waals surface area contributed by atoms with E-state index < -0.39 is 5.60 Å². The van der Waals surface area contributed by atoms with Crippen LogP contribution in [0.1, 0.15) is 44.9 Å². The van der Waals surface area contributed by atoms with Crippen molar-refractivity contribution >= 4 is 0 Å². The molecule has 0 aromatic rings. The highest BCUT2D eigenvalue weighted by atomic mass is 16.3.